The summed E-state index contributed by atoms with van der Waals surface area (Å²) in [4.78, 5) is 23.6. The summed E-state index contributed by atoms with van der Waals surface area (Å²) in [6.07, 6.45) is 4.14. The van der Waals surface area contributed by atoms with Gasteiger partial charge in [0.25, 0.3) is 0 Å². The number of aromatic nitrogens is 1. The minimum atomic E-state index is -0.846. The van der Waals surface area contributed by atoms with Crippen molar-refractivity contribution in [2.75, 3.05) is 11.9 Å². The summed E-state index contributed by atoms with van der Waals surface area (Å²) in [6.45, 7) is 4.30. The molecule has 1 unspecified atom stereocenters. The van der Waals surface area contributed by atoms with E-state index in [1.54, 1.807) is 6.92 Å². The maximum Gasteiger partial charge on any atom is 0.412 e. The van der Waals surface area contributed by atoms with Crippen LogP contribution in [0.3, 0.4) is 0 Å². The van der Waals surface area contributed by atoms with E-state index in [2.05, 4.69) is 10.5 Å². The Morgan fingerprint density at radius 2 is 1.89 bits per heavy atom. The topological polar surface area (TPSA) is 111 Å². The molecule has 0 aliphatic carbocycles. The van der Waals surface area contributed by atoms with E-state index in [0.29, 0.717) is 30.2 Å². The Bertz CT molecular complexity index is 1180. The van der Waals surface area contributed by atoms with Crippen LogP contribution in [0.2, 0.25) is 0 Å². The molecule has 8 nitrogen and oxygen atoms in total. The molecular formula is C29H34N2O6. The second-order valence-corrected chi connectivity index (χ2v) is 9.57. The monoisotopic (exact) mass is 506 g/mol. The zero-order chi connectivity index (χ0) is 26.3. The summed E-state index contributed by atoms with van der Waals surface area (Å²) in [5.41, 5.74) is 3.45. The van der Waals surface area contributed by atoms with E-state index < -0.39 is 23.8 Å². The van der Waals surface area contributed by atoms with Crippen molar-refractivity contribution in [1.82, 2.24) is 5.16 Å². The van der Waals surface area contributed by atoms with E-state index in [1.165, 1.54) is 0 Å². The van der Waals surface area contributed by atoms with Crippen LogP contribution in [0.5, 0.6) is 0 Å². The Morgan fingerprint density at radius 1 is 1.14 bits per heavy atom. The fraction of sp³-hybridized carbons (Fsp3) is 0.414. The first-order valence-electron chi connectivity index (χ1n) is 12.8. The molecule has 1 aromatic heterocycles. The van der Waals surface area contributed by atoms with Crippen molar-refractivity contribution in [2.24, 2.45) is 0 Å². The number of ether oxygens (including phenoxy) is 2. The summed E-state index contributed by atoms with van der Waals surface area (Å²) in [7, 11) is 0. The first-order chi connectivity index (χ1) is 17.9. The molecule has 3 aromatic rings. The van der Waals surface area contributed by atoms with Crippen LogP contribution in [0.1, 0.15) is 73.3 Å². The summed E-state index contributed by atoms with van der Waals surface area (Å²) >= 11 is 0. The second-order valence-electron chi connectivity index (χ2n) is 9.57. The van der Waals surface area contributed by atoms with Crippen molar-refractivity contribution < 1.29 is 28.7 Å². The van der Waals surface area contributed by atoms with E-state index in [4.69, 9.17) is 19.1 Å². The predicted octanol–water partition coefficient (Wildman–Crippen LogP) is 6.34. The predicted molar refractivity (Wildman–Crippen MR) is 138 cm³/mol. The molecule has 0 spiro atoms. The molecule has 1 fully saturated rings. The summed E-state index contributed by atoms with van der Waals surface area (Å²) in [5.74, 6) is -0.244. The van der Waals surface area contributed by atoms with Gasteiger partial charge in [-0.2, -0.15) is 0 Å². The van der Waals surface area contributed by atoms with Gasteiger partial charge in [-0.1, -0.05) is 59.8 Å². The maximum atomic E-state index is 12.6. The number of amides is 1. The number of aryl methyl sites for hydroxylation is 2. The Balaban J connectivity index is 1.39. The van der Waals surface area contributed by atoms with Gasteiger partial charge in [0.2, 0.25) is 0 Å². The van der Waals surface area contributed by atoms with Gasteiger partial charge in [0.1, 0.15) is 17.5 Å². The van der Waals surface area contributed by atoms with Gasteiger partial charge in [0.05, 0.1) is 12.0 Å². The van der Waals surface area contributed by atoms with Crippen LogP contribution in [0, 0.1) is 6.92 Å². The first kappa shape index (κ1) is 26.4. The number of hydrogen-bond acceptors (Lipinski definition) is 6. The minimum absolute atomic E-state index is 0.00131. The lowest BCUT2D eigenvalue weighted by Gasteiger charge is -2.38. The number of benzene rings is 2. The molecule has 2 aromatic carbocycles. The highest BCUT2D eigenvalue weighted by molar-refractivity contribution is 5.86. The van der Waals surface area contributed by atoms with Crippen LogP contribution in [0.15, 0.2) is 59.1 Å². The van der Waals surface area contributed by atoms with Crippen molar-refractivity contribution in [3.05, 3.63) is 82.7 Å². The van der Waals surface area contributed by atoms with Crippen molar-refractivity contribution in [3.63, 3.8) is 0 Å². The van der Waals surface area contributed by atoms with Gasteiger partial charge >= 0.3 is 12.1 Å². The molecule has 8 heteroatoms. The molecule has 37 heavy (non-hydrogen) atoms. The smallest absolute Gasteiger partial charge is 0.412 e. The van der Waals surface area contributed by atoms with Crippen molar-refractivity contribution >= 4 is 17.7 Å². The van der Waals surface area contributed by atoms with Gasteiger partial charge in [-0.25, -0.2) is 4.79 Å². The maximum absolute atomic E-state index is 12.6. The number of carbonyl (C=O) groups excluding carboxylic acids is 1. The molecule has 0 bridgehead atoms. The lowest BCUT2D eigenvalue weighted by atomic mass is 9.81. The largest absolute Gasteiger partial charge is 0.481 e. The third kappa shape index (κ3) is 6.77. The van der Waals surface area contributed by atoms with Gasteiger partial charge in [0, 0.05) is 13.0 Å². The van der Waals surface area contributed by atoms with Crippen molar-refractivity contribution in [2.45, 2.75) is 70.5 Å². The van der Waals surface area contributed by atoms with E-state index in [0.717, 1.165) is 48.8 Å². The first-order valence-corrected chi connectivity index (χ1v) is 12.8. The quantitative estimate of drug-likeness (QED) is 0.330. The molecule has 1 amide bonds. The Labute approximate surface area is 217 Å². The highest BCUT2D eigenvalue weighted by atomic mass is 16.6. The molecule has 2 atom stereocenters. The van der Waals surface area contributed by atoms with Crippen LogP contribution in [0.4, 0.5) is 10.5 Å². The number of anilines is 1. The Morgan fingerprint density at radius 3 is 2.57 bits per heavy atom. The van der Waals surface area contributed by atoms with Gasteiger partial charge in [0.15, 0.2) is 5.76 Å². The average molecular weight is 507 g/mol. The fourth-order valence-corrected chi connectivity index (χ4v) is 4.89. The number of aliphatic carboxylic acids is 1. The number of carboxylic acids is 1. The summed E-state index contributed by atoms with van der Waals surface area (Å²) < 4.78 is 17.4. The van der Waals surface area contributed by atoms with E-state index >= 15 is 0 Å². The average Bonchev–Trinajstić information content (AvgIpc) is 3.23. The molecule has 1 aliphatic heterocycles. The second kappa shape index (κ2) is 12.1. The molecule has 1 saturated heterocycles. The number of nitrogens with one attached hydrogen (secondary N) is 1. The number of rotatable bonds is 10. The van der Waals surface area contributed by atoms with Gasteiger partial charge in [-0.15, -0.1) is 0 Å². The fourth-order valence-electron chi connectivity index (χ4n) is 4.89. The number of carboxylic acid groups (broad SMARTS) is 1. The van der Waals surface area contributed by atoms with Crippen molar-refractivity contribution in [3.8, 4) is 0 Å². The van der Waals surface area contributed by atoms with Gasteiger partial charge in [-0.05, 0) is 62.6 Å². The molecule has 0 radical (unpaired) electrons. The standard InChI is InChI=1S/C29H34N2O6/c1-20-27(30-28(34)36-21(2)23-9-4-3-5-10-23)25(37-31-20)11-8-17-29(16-6-7-18-35-29)24-14-12-22(13-15-24)19-26(32)33/h3-5,9-10,12-15,21H,6-8,11,16-19H2,1-2H3,(H,30,34)(H,32,33)/t21-,29?/m1/s1. The SMILES string of the molecule is Cc1noc(CCCC2(c3ccc(CC(=O)O)cc3)CCCCO2)c1NC(=O)O[C@H](C)c1ccccc1. The molecule has 4 rings (SSSR count). The lowest BCUT2D eigenvalue weighted by molar-refractivity contribution is -0.136. The van der Waals surface area contributed by atoms with Crippen LogP contribution in [-0.2, 0) is 32.7 Å². The van der Waals surface area contributed by atoms with Gasteiger partial charge in [-0.3, -0.25) is 10.1 Å². The normalized spacial score (nSPS) is 18.2. The Hall–Kier alpha value is -3.65. The number of carbonyl (C=O) groups is 2. The van der Waals surface area contributed by atoms with E-state index in [9.17, 15) is 9.59 Å². The van der Waals surface area contributed by atoms with Crippen LogP contribution >= 0.6 is 0 Å². The minimum Gasteiger partial charge on any atom is -0.481 e. The molecule has 0 saturated carbocycles. The van der Waals surface area contributed by atoms with Crippen LogP contribution in [-0.4, -0.2) is 28.9 Å². The lowest BCUT2D eigenvalue weighted by Crippen LogP contribution is -2.33. The Kier molecular flexibility index (Phi) is 8.61. The summed E-state index contributed by atoms with van der Waals surface area (Å²) in [6, 6.07) is 17.3. The zero-order valence-electron chi connectivity index (χ0n) is 21.4. The molecular weight excluding hydrogens is 472 g/mol. The third-order valence-corrected chi connectivity index (χ3v) is 6.89. The van der Waals surface area contributed by atoms with E-state index in [1.807, 2.05) is 61.5 Å². The molecule has 196 valence electrons. The van der Waals surface area contributed by atoms with E-state index in [-0.39, 0.29) is 6.42 Å². The summed E-state index contributed by atoms with van der Waals surface area (Å²) in [5, 5.41) is 15.9. The molecule has 2 heterocycles. The molecule has 2 N–H and O–H groups in total. The van der Waals surface area contributed by atoms with Crippen molar-refractivity contribution in [1.29, 1.82) is 0 Å². The number of hydrogen-bond donors (Lipinski definition) is 2. The molecule has 1 aliphatic rings. The van der Waals surface area contributed by atoms with Crippen LogP contribution < -0.4 is 5.32 Å². The number of nitrogens with zero attached hydrogens (tertiary/aromatic N) is 1. The van der Waals surface area contributed by atoms with Crippen LogP contribution in [0.25, 0.3) is 0 Å². The zero-order valence-corrected chi connectivity index (χ0v) is 21.4. The highest BCUT2D eigenvalue weighted by Crippen LogP contribution is 2.40. The van der Waals surface area contributed by atoms with Gasteiger partial charge < -0.3 is 19.1 Å². The highest BCUT2D eigenvalue weighted by Gasteiger charge is 2.35. The third-order valence-electron chi connectivity index (χ3n) is 6.89.